The van der Waals surface area contributed by atoms with Crippen LogP contribution >= 0.6 is 24.0 Å². The number of carbonyl (C=O) groups excluding carboxylic acids is 1. The summed E-state index contributed by atoms with van der Waals surface area (Å²) in [7, 11) is 3.51. The summed E-state index contributed by atoms with van der Waals surface area (Å²) in [6.07, 6.45) is 4.94. The highest BCUT2D eigenvalue weighted by atomic mass is 127. The molecule has 0 aromatic heterocycles. The van der Waals surface area contributed by atoms with Crippen molar-refractivity contribution in [2.75, 3.05) is 20.6 Å². The van der Waals surface area contributed by atoms with E-state index >= 15 is 0 Å². The van der Waals surface area contributed by atoms with Crippen LogP contribution in [0.5, 0.6) is 0 Å². The molecule has 0 radical (unpaired) electrons. The van der Waals surface area contributed by atoms with Gasteiger partial charge < -0.3 is 15.5 Å². The van der Waals surface area contributed by atoms with Crippen molar-refractivity contribution in [3.8, 4) is 0 Å². The van der Waals surface area contributed by atoms with Crippen molar-refractivity contribution in [3.63, 3.8) is 0 Å². The quantitative estimate of drug-likeness (QED) is 0.415. The normalized spacial score (nSPS) is 17.3. The maximum absolute atomic E-state index is 11.7. The highest BCUT2D eigenvalue weighted by Gasteiger charge is 2.18. The number of nitrogens with one attached hydrogen (secondary N) is 2. The minimum atomic E-state index is 0. The molecule has 1 atom stereocenters. The molecule has 0 aromatic carbocycles. The third-order valence-corrected chi connectivity index (χ3v) is 3.93. The molecule has 0 spiro atoms. The van der Waals surface area contributed by atoms with Crippen molar-refractivity contribution in [3.05, 3.63) is 0 Å². The van der Waals surface area contributed by atoms with E-state index in [0.29, 0.717) is 18.0 Å². The Morgan fingerprint density at radius 1 is 1.24 bits per heavy atom. The second kappa shape index (κ2) is 10.2. The number of likely N-dealkylation sites (N-methyl/N-ethyl adjacent to an activating group) is 1. The van der Waals surface area contributed by atoms with Crippen LogP contribution in [0.15, 0.2) is 4.99 Å². The number of halogens is 1. The van der Waals surface area contributed by atoms with E-state index < -0.39 is 0 Å². The number of guanidine groups is 1. The van der Waals surface area contributed by atoms with E-state index in [-0.39, 0.29) is 36.4 Å². The fourth-order valence-electron chi connectivity index (χ4n) is 2.07. The predicted molar refractivity (Wildman–Crippen MR) is 99.2 cm³/mol. The van der Waals surface area contributed by atoms with Gasteiger partial charge in [-0.15, -0.1) is 24.0 Å². The predicted octanol–water partition coefficient (Wildman–Crippen LogP) is 2.21. The van der Waals surface area contributed by atoms with E-state index in [1.54, 1.807) is 19.0 Å². The number of aliphatic imine (C=N–C) groups is 1. The van der Waals surface area contributed by atoms with Crippen molar-refractivity contribution < 1.29 is 4.79 Å². The van der Waals surface area contributed by atoms with Crippen molar-refractivity contribution >= 4 is 35.8 Å². The number of rotatable bonds is 5. The number of carbonyl (C=O) groups is 1. The van der Waals surface area contributed by atoms with Gasteiger partial charge in [-0.1, -0.05) is 26.7 Å². The summed E-state index contributed by atoms with van der Waals surface area (Å²) in [5.74, 6) is 1.32. The molecule has 1 aliphatic rings. The molecule has 5 nitrogen and oxygen atoms in total. The van der Waals surface area contributed by atoms with Gasteiger partial charge in [-0.3, -0.25) is 4.79 Å². The summed E-state index contributed by atoms with van der Waals surface area (Å²) < 4.78 is 0. The molecule has 0 aliphatic heterocycles. The average molecular weight is 410 g/mol. The van der Waals surface area contributed by atoms with Crippen LogP contribution in [0.1, 0.15) is 46.5 Å². The van der Waals surface area contributed by atoms with Gasteiger partial charge in [0.15, 0.2) is 5.96 Å². The Morgan fingerprint density at radius 3 is 2.29 bits per heavy atom. The third kappa shape index (κ3) is 7.87. The highest BCUT2D eigenvalue weighted by molar-refractivity contribution is 14.0. The first-order valence-electron chi connectivity index (χ1n) is 7.67. The Labute approximate surface area is 146 Å². The zero-order valence-electron chi connectivity index (χ0n) is 14.0. The van der Waals surface area contributed by atoms with E-state index in [1.807, 2.05) is 0 Å². The lowest BCUT2D eigenvalue weighted by Gasteiger charge is -2.23. The molecule has 1 rings (SSSR count). The van der Waals surface area contributed by atoms with Gasteiger partial charge in [-0.25, -0.2) is 4.99 Å². The van der Waals surface area contributed by atoms with Crippen molar-refractivity contribution in [1.29, 1.82) is 0 Å². The summed E-state index contributed by atoms with van der Waals surface area (Å²) in [6.45, 7) is 6.69. The van der Waals surface area contributed by atoms with Gasteiger partial charge in [-0.2, -0.15) is 0 Å². The molecule has 2 N–H and O–H groups in total. The molecule has 6 heteroatoms. The van der Waals surface area contributed by atoms with Gasteiger partial charge in [0.2, 0.25) is 5.91 Å². The lowest BCUT2D eigenvalue weighted by atomic mass is 10.1. The van der Waals surface area contributed by atoms with Gasteiger partial charge in [0.1, 0.15) is 6.54 Å². The molecule has 0 aromatic rings. The van der Waals surface area contributed by atoms with E-state index in [1.165, 1.54) is 25.7 Å². The smallest absolute Gasteiger partial charge is 0.243 e. The maximum Gasteiger partial charge on any atom is 0.243 e. The number of hydrogen-bond donors (Lipinski definition) is 2. The van der Waals surface area contributed by atoms with E-state index in [0.717, 1.165) is 5.96 Å². The Bertz CT molecular complexity index is 333. The van der Waals surface area contributed by atoms with Crippen LogP contribution in [0.25, 0.3) is 0 Å². The van der Waals surface area contributed by atoms with Crippen molar-refractivity contribution in [1.82, 2.24) is 15.5 Å². The molecule has 124 valence electrons. The fourth-order valence-corrected chi connectivity index (χ4v) is 2.07. The molecule has 0 bridgehead atoms. The lowest BCUT2D eigenvalue weighted by Crippen LogP contribution is -2.47. The first kappa shape index (κ1) is 20.5. The molecule has 1 saturated carbocycles. The number of amides is 1. The van der Waals surface area contributed by atoms with Crippen LogP contribution in [0.4, 0.5) is 0 Å². The zero-order valence-corrected chi connectivity index (χ0v) is 16.3. The summed E-state index contributed by atoms with van der Waals surface area (Å²) >= 11 is 0. The summed E-state index contributed by atoms with van der Waals surface area (Å²) in [6, 6.07) is 0.826. The van der Waals surface area contributed by atoms with Gasteiger partial charge in [0, 0.05) is 26.2 Å². The van der Waals surface area contributed by atoms with Crippen molar-refractivity contribution in [2.45, 2.75) is 58.5 Å². The molecule has 1 aliphatic carbocycles. The molecule has 1 fully saturated rings. The third-order valence-electron chi connectivity index (χ3n) is 3.93. The SMILES string of the molecule is CC(C)C(C)NC(=NCC(=O)N(C)C)NC1CCCC1.I. The maximum atomic E-state index is 11.7. The Kier molecular flexibility index (Phi) is 9.98. The van der Waals surface area contributed by atoms with Gasteiger partial charge >= 0.3 is 0 Å². The lowest BCUT2D eigenvalue weighted by molar-refractivity contribution is -0.127. The van der Waals surface area contributed by atoms with Crippen LogP contribution in [-0.2, 0) is 4.79 Å². The second-order valence-corrected chi connectivity index (χ2v) is 6.26. The first-order valence-corrected chi connectivity index (χ1v) is 7.67. The Morgan fingerprint density at radius 2 is 1.81 bits per heavy atom. The second-order valence-electron chi connectivity index (χ2n) is 6.26. The average Bonchev–Trinajstić information content (AvgIpc) is 2.87. The van der Waals surface area contributed by atoms with Crippen LogP contribution < -0.4 is 10.6 Å². The monoisotopic (exact) mass is 410 g/mol. The Hall–Kier alpha value is -0.530. The first-order chi connectivity index (χ1) is 9.40. The van der Waals surface area contributed by atoms with Gasteiger partial charge in [-0.05, 0) is 25.7 Å². The minimum absolute atomic E-state index is 0. The molecule has 1 unspecified atom stereocenters. The Balaban J connectivity index is 0.00000400. The summed E-state index contributed by atoms with van der Waals surface area (Å²) in [5, 5.41) is 6.87. The van der Waals surface area contributed by atoms with Crippen molar-refractivity contribution in [2.24, 2.45) is 10.9 Å². The fraction of sp³-hybridized carbons (Fsp3) is 0.867. The molecule has 21 heavy (non-hydrogen) atoms. The van der Waals surface area contributed by atoms with E-state index in [2.05, 4.69) is 36.4 Å². The van der Waals surface area contributed by atoms with Crippen LogP contribution in [-0.4, -0.2) is 49.5 Å². The van der Waals surface area contributed by atoms with Crippen LogP contribution in [0.3, 0.4) is 0 Å². The van der Waals surface area contributed by atoms with Crippen LogP contribution in [0.2, 0.25) is 0 Å². The van der Waals surface area contributed by atoms with Crippen LogP contribution in [0, 0.1) is 5.92 Å². The molecule has 0 heterocycles. The van der Waals surface area contributed by atoms with Gasteiger partial charge in [0.25, 0.3) is 0 Å². The molecular formula is C15H31IN4O. The highest BCUT2D eigenvalue weighted by Crippen LogP contribution is 2.17. The summed E-state index contributed by atoms with van der Waals surface area (Å²) in [5.41, 5.74) is 0. The molecular weight excluding hydrogens is 379 g/mol. The minimum Gasteiger partial charge on any atom is -0.354 e. The standard InChI is InChI=1S/C15H30N4O.HI/c1-11(2)12(3)17-15(16-10-14(20)19(4)5)18-13-8-6-7-9-13;/h11-13H,6-10H2,1-5H3,(H2,16,17,18);1H. The topological polar surface area (TPSA) is 56.7 Å². The zero-order chi connectivity index (χ0) is 15.1. The molecule has 0 saturated heterocycles. The summed E-state index contributed by atoms with van der Waals surface area (Å²) in [4.78, 5) is 17.7. The van der Waals surface area contributed by atoms with E-state index in [4.69, 9.17) is 0 Å². The number of hydrogen-bond acceptors (Lipinski definition) is 2. The number of nitrogens with zero attached hydrogens (tertiary/aromatic N) is 2. The molecule has 1 amide bonds. The van der Waals surface area contributed by atoms with Gasteiger partial charge in [0.05, 0.1) is 0 Å². The van der Waals surface area contributed by atoms with E-state index in [9.17, 15) is 4.79 Å². The largest absolute Gasteiger partial charge is 0.354 e.